The molecule has 1 heterocycles. The lowest BCUT2D eigenvalue weighted by Crippen LogP contribution is -2.29. The number of nitrogens with zero attached hydrogens (tertiary/aromatic N) is 1. The summed E-state index contributed by atoms with van der Waals surface area (Å²) in [7, 11) is 0. The molecule has 3 atom stereocenters. The van der Waals surface area contributed by atoms with E-state index < -0.39 is 0 Å². The van der Waals surface area contributed by atoms with Gasteiger partial charge in [-0.2, -0.15) is 0 Å². The summed E-state index contributed by atoms with van der Waals surface area (Å²) in [6.07, 6.45) is 5.27. The number of fused-ring (bicyclic) bond motifs is 3. The van der Waals surface area contributed by atoms with E-state index in [9.17, 15) is 14.9 Å². The Hall–Kier alpha value is -2.95. The number of nitro groups is 1. The second-order valence-corrected chi connectivity index (χ2v) is 6.69. The molecule has 0 bridgehead atoms. The fraction of sp³-hybridized carbons (Fsp3) is 0.250. The van der Waals surface area contributed by atoms with Gasteiger partial charge in [-0.3, -0.25) is 14.9 Å². The summed E-state index contributed by atoms with van der Waals surface area (Å²) in [5.74, 6) is 0.568. The standard InChI is InChI=1S/C20H18N2O3/c1-12(23)13-8-9-19-18(11-13)16-6-3-7-17(16)20(21-19)14-4-2-5-15(10-14)22(24)25/h2-6,8-11,16-17,20-21H,7H2,1H3/t16-,17+,20+/m0/s1. The zero-order chi connectivity index (χ0) is 17.6. The Morgan fingerprint density at radius 1 is 1.24 bits per heavy atom. The van der Waals surface area contributed by atoms with Crippen LogP contribution in [-0.4, -0.2) is 10.7 Å². The van der Waals surface area contributed by atoms with Crippen LogP contribution in [0.3, 0.4) is 0 Å². The number of ketones is 1. The smallest absolute Gasteiger partial charge is 0.269 e. The van der Waals surface area contributed by atoms with Gasteiger partial charge in [-0.15, -0.1) is 0 Å². The van der Waals surface area contributed by atoms with Gasteiger partial charge in [0.05, 0.1) is 11.0 Å². The quantitative estimate of drug-likeness (QED) is 0.385. The van der Waals surface area contributed by atoms with Crippen molar-refractivity contribution in [3.63, 3.8) is 0 Å². The van der Waals surface area contributed by atoms with Gasteiger partial charge in [-0.05, 0) is 48.6 Å². The minimum absolute atomic E-state index is 0.00979. The third-order valence-corrected chi connectivity index (χ3v) is 5.21. The van der Waals surface area contributed by atoms with E-state index in [0.29, 0.717) is 5.56 Å². The molecule has 0 fully saturated rings. The summed E-state index contributed by atoms with van der Waals surface area (Å²) in [6, 6.07) is 12.6. The number of hydrogen-bond acceptors (Lipinski definition) is 4. The van der Waals surface area contributed by atoms with E-state index in [1.54, 1.807) is 19.1 Å². The number of carbonyl (C=O) groups is 1. The zero-order valence-electron chi connectivity index (χ0n) is 13.8. The maximum absolute atomic E-state index is 11.7. The van der Waals surface area contributed by atoms with E-state index >= 15 is 0 Å². The van der Waals surface area contributed by atoms with Gasteiger partial charge in [0.15, 0.2) is 5.78 Å². The van der Waals surface area contributed by atoms with E-state index in [-0.39, 0.29) is 34.3 Å². The number of Topliss-reactive ketones (excluding diaryl/α,β-unsaturated/α-hetero) is 1. The monoisotopic (exact) mass is 334 g/mol. The van der Waals surface area contributed by atoms with Gasteiger partial charge in [0.2, 0.25) is 0 Å². The minimum atomic E-state index is -0.357. The lowest BCUT2D eigenvalue weighted by Gasteiger charge is -2.37. The van der Waals surface area contributed by atoms with Gasteiger partial charge in [0.1, 0.15) is 0 Å². The Morgan fingerprint density at radius 3 is 2.84 bits per heavy atom. The third kappa shape index (κ3) is 2.61. The highest BCUT2D eigenvalue weighted by Gasteiger charge is 2.38. The number of non-ortho nitro benzene ring substituents is 1. The Bertz CT molecular complexity index is 904. The summed E-state index contributed by atoms with van der Waals surface area (Å²) in [6.45, 7) is 1.58. The van der Waals surface area contributed by atoms with Crippen LogP contribution < -0.4 is 5.32 Å². The van der Waals surface area contributed by atoms with E-state index in [0.717, 1.165) is 23.2 Å². The summed E-state index contributed by atoms with van der Waals surface area (Å²) in [5.41, 5.74) is 3.88. The van der Waals surface area contributed by atoms with E-state index in [2.05, 4.69) is 17.5 Å². The molecule has 0 saturated carbocycles. The number of nitrogens with one attached hydrogen (secondary N) is 1. The second kappa shape index (κ2) is 5.84. The average molecular weight is 334 g/mol. The van der Waals surface area contributed by atoms with Gasteiger partial charge in [-0.25, -0.2) is 0 Å². The number of carbonyl (C=O) groups excluding carboxylic acids is 1. The summed E-state index contributed by atoms with van der Waals surface area (Å²) < 4.78 is 0. The molecule has 1 aliphatic carbocycles. The number of benzene rings is 2. The van der Waals surface area contributed by atoms with Gasteiger partial charge >= 0.3 is 0 Å². The van der Waals surface area contributed by atoms with Crippen LogP contribution in [0.5, 0.6) is 0 Å². The van der Waals surface area contributed by atoms with Crippen LogP contribution in [0.25, 0.3) is 0 Å². The summed E-state index contributed by atoms with van der Waals surface area (Å²) in [4.78, 5) is 22.5. The van der Waals surface area contributed by atoms with Crippen LogP contribution in [0, 0.1) is 16.0 Å². The second-order valence-electron chi connectivity index (χ2n) is 6.69. The first kappa shape index (κ1) is 15.6. The summed E-state index contributed by atoms with van der Waals surface area (Å²) in [5, 5.41) is 14.6. The Labute approximate surface area is 145 Å². The van der Waals surface area contributed by atoms with Crippen LogP contribution in [0.15, 0.2) is 54.6 Å². The van der Waals surface area contributed by atoms with E-state index in [4.69, 9.17) is 0 Å². The Balaban J connectivity index is 1.77. The third-order valence-electron chi connectivity index (χ3n) is 5.21. The predicted molar refractivity (Wildman–Crippen MR) is 95.9 cm³/mol. The molecule has 2 aromatic carbocycles. The van der Waals surface area contributed by atoms with Crippen molar-refractivity contribution >= 4 is 17.2 Å². The lowest BCUT2D eigenvalue weighted by atomic mass is 9.76. The van der Waals surface area contributed by atoms with Gasteiger partial charge in [0.25, 0.3) is 5.69 Å². The number of anilines is 1. The molecule has 2 aliphatic rings. The molecule has 0 saturated heterocycles. The average Bonchev–Trinajstić information content (AvgIpc) is 3.10. The van der Waals surface area contributed by atoms with Crippen molar-refractivity contribution in [2.45, 2.75) is 25.3 Å². The van der Waals surface area contributed by atoms with Crippen molar-refractivity contribution in [1.29, 1.82) is 0 Å². The Kier molecular flexibility index (Phi) is 3.64. The fourth-order valence-corrected chi connectivity index (χ4v) is 3.98. The van der Waals surface area contributed by atoms with Crippen molar-refractivity contribution < 1.29 is 9.72 Å². The maximum Gasteiger partial charge on any atom is 0.269 e. The number of allylic oxidation sites excluding steroid dienone is 2. The molecule has 1 N–H and O–H groups in total. The molecular weight excluding hydrogens is 316 g/mol. The van der Waals surface area contributed by atoms with Crippen LogP contribution in [0.2, 0.25) is 0 Å². The van der Waals surface area contributed by atoms with Gasteiger partial charge in [0, 0.05) is 29.3 Å². The maximum atomic E-state index is 11.7. The molecule has 5 heteroatoms. The van der Waals surface area contributed by atoms with Crippen LogP contribution in [-0.2, 0) is 0 Å². The molecule has 2 aromatic rings. The lowest BCUT2D eigenvalue weighted by molar-refractivity contribution is -0.384. The van der Waals surface area contributed by atoms with Crippen molar-refractivity contribution in [1.82, 2.24) is 0 Å². The molecule has 4 rings (SSSR count). The highest BCUT2D eigenvalue weighted by molar-refractivity contribution is 5.95. The first-order valence-electron chi connectivity index (χ1n) is 8.37. The highest BCUT2D eigenvalue weighted by atomic mass is 16.6. The molecule has 0 spiro atoms. The minimum Gasteiger partial charge on any atom is -0.378 e. The molecular formula is C20H18N2O3. The molecule has 1 aliphatic heterocycles. The first-order chi connectivity index (χ1) is 12.0. The molecule has 126 valence electrons. The van der Waals surface area contributed by atoms with Crippen LogP contribution in [0.4, 0.5) is 11.4 Å². The number of nitro benzene ring substituents is 1. The van der Waals surface area contributed by atoms with Gasteiger partial charge < -0.3 is 5.32 Å². The van der Waals surface area contributed by atoms with E-state index in [1.807, 2.05) is 24.3 Å². The normalized spacial score (nSPS) is 23.5. The number of rotatable bonds is 3. The predicted octanol–water partition coefficient (Wildman–Crippen LogP) is 4.62. The first-order valence-corrected chi connectivity index (χ1v) is 8.37. The van der Waals surface area contributed by atoms with Crippen molar-refractivity contribution in [3.05, 3.63) is 81.4 Å². The van der Waals surface area contributed by atoms with Crippen LogP contribution in [0.1, 0.15) is 46.8 Å². The molecule has 25 heavy (non-hydrogen) atoms. The molecule has 5 nitrogen and oxygen atoms in total. The summed E-state index contributed by atoms with van der Waals surface area (Å²) >= 11 is 0. The molecule has 0 radical (unpaired) electrons. The van der Waals surface area contributed by atoms with Crippen LogP contribution >= 0.6 is 0 Å². The Morgan fingerprint density at radius 2 is 2.08 bits per heavy atom. The van der Waals surface area contributed by atoms with Crippen molar-refractivity contribution in [2.75, 3.05) is 5.32 Å². The molecule has 0 unspecified atom stereocenters. The topological polar surface area (TPSA) is 72.2 Å². The SMILES string of the molecule is CC(=O)c1ccc2c(c1)[C@H]1C=CC[C@H]1[C@@H](c1cccc([N+](=O)[O-])c1)N2. The largest absolute Gasteiger partial charge is 0.378 e. The van der Waals surface area contributed by atoms with Crippen molar-refractivity contribution in [3.8, 4) is 0 Å². The highest BCUT2D eigenvalue weighted by Crippen LogP contribution is 2.50. The molecule has 0 amide bonds. The fourth-order valence-electron chi connectivity index (χ4n) is 3.98. The molecule has 0 aromatic heterocycles. The zero-order valence-corrected chi connectivity index (χ0v) is 13.8. The van der Waals surface area contributed by atoms with Crippen molar-refractivity contribution in [2.24, 2.45) is 5.92 Å². The van der Waals surface area contributed by atoms with E-state index in [1.165, 1.54) is 6.07 Å². The number of hydrogen-bond donors (Lipinski definition) is 1. The van der Waals surface area contributed by atoms with Gasteiger partial charge in [-0.1, -0.05) is 24.3 Å².